The molecule has 7 heteroatoms. The fraction of sp³-hybridized carbons (Fsp3) is 0.227. The molecule has 1 saturated heterocycles. The first-order valence-electron chi connectivity index (χ1n) is 9.69. The Morgan fingerprint density at radius 2 is 1.55 bits per heavy atom. The summed E-state index contributed by atoms with van der Waals surface area (Å²) in [5.74, 6) is 2.24. The van der Waals surface area contributed by atoms with Gasteiger partial charge in [0.25, 0.3) is 0 Å². The zero-order valence-corrected chi connectivity index (χ0v) is 16.0. The standard InChI is InChI=1S/C22H23N5O2/c28-22(26-18-11-15-27(16-12-18)21-23-13-4-14-24-21)25-17-7-9-20(10-8-17)29-19-5-2-1-3-6-19/h1-10,13-14,18H,11-12,15-16H2,(H2,25,26,28). The molecule has 0 aliphatic carbocycles. The van der Waals surface area contributed by atoms with Gasteiger partial charge >= 0.3 is 6.03 Å². The molecule has 148 valence electrons. The Kier molecular flexibility index (Phi) is 5.85. The highest BCUT2D eigenvalue weighted by atomic mass is 16.5. The zero-order chi connectivity index (χ0) is 19.9. The van der Waals surface area contributed by atoms with Crippen molar-refractivity contribution in [2.24, 2.45) is 0 Å². The summed E-state index contributed by atoms with van der Waals surface area (Å²) in [4.78, 5) is 23.0. The quantitative estimate of drug-likeness (QED) is 0.688. The second-order valence-electron chi connectivity index (χ2n) is 6.85. The maximum atomic E-state index is 12.3. The van der Waals surface area contributed by atoms with Gasteiger partial charge in [0, 0.05) is 37.2 Å². The predicted octanol–water partition coefficient (Wildman–Crippen LogP) is 4.06. The van der Waals surface area contributed by atoms with Crippen LogP contribution in [-0.2, 0) is 0 Å². The number of benzene rings is 2. The predicted molar refractivity (Wildman–Crippen MR) is 112 cm³/mol. The normalized spacial score (nSPS) is 14.3. The number of aromatic nitrogens is 2. The van der Waals surface area contributed by atoms with Gasteiger partial charge in [-0.3, -0.25) is 0 Å². The largest absolute Gasteiger partial charge is 0.457 e. The second kappa shape index (κ2) is 9.05. The molecule has 4 rings (SSSR count). The summed E-state index contributed by atoms with van der Waals surface area (Å²) < 4.78 is 5.76. The summed E-state index contributed by atoms with van der Waals surface area (Å²) in [6, 6.07) is 18.7. The molecule has 0 atom stereocenters. The SMILES string of the molecule is O=C(Nc1ccc(Oc2ccccc2)cc1)NC1CCN(c2ncccn2)CC1. The van der Waals surface area contributed by atoms with E-state index in [1.165, 1.54) is 0 Å². The molecule has 0 saturated carbocycles. The van der Waals surface area contributed by atoms with Crippen molar-refractivity contribution >= 4 is 17.7 Å². The first kappa shape index (κ1) is 18.7. The minimum absolute atomic E-state index is 0.135. The van der Waals surface area contributed by atoms with Gasteiger partial charge in [-0.1, -0.05) is 18.2 Å². The Morgan fingerprint density at radius 3 is 2.24 bits per heavy atom. The molecule has 0 unspecified atom stereocenters. The summed E-state index contributed by atoms with van der Waals surface area (Å²) in [6.45, 7) is 1.64. The van der Waals surface area contributed by atoms with Crippen molar-refractivity contribution in [2.45, 2.75) is 18.9 Å². The molecular formula is C22H23N5O2. The molecule has 0 radical (unpaired) electrons. The summed E-state index contributed by atoms with van der Waals surface area (Å²) in [7, 11) is 0. The number of anilines is 2. The van der Waals surface area contributed by atoms with Crippen molar-refractivity contribution < 1.29 is 9.53 Å². The highest BCUT2D eigenvalue weighted by Crippen LogP contribution is 2.22. The lowest BCUT2D eigenvalue weighted by Crippen LogP contribution is -2.46. The van der Waals surface area contributed by atoms with Crippen LogP contribution in [0.4, 0.5) is 16.4 Å². The van der Waals surface area contributed by atoms with E-state index in [-0.39, 0.29) is 12.1 Å². The molecule has 1 aliphatic heterocycles. The van der Waals surface area contributed by atoms with Gasteiger partial charge in [-0.15, -0.1) is 0 Å². The van der Waals surface area contributed by atoms with Gasteiger partial charge in [0.05, 0.1) is 0 Å². The molecule has 3 aromatic rings. The van der Waals surface area contributed by atoms with Crippen LogP contribution < -0.4 is 20.3 Å². The first-order chi connectivity index (χ1) is 14.3. The van der Waals surface area contributed by atoms with Crippen LogP contribution in [0.25, 0.3) is 0 Å². The van der Waals surface area contributed by atoms with E-state index < -0.39 is 0 Å². The van der Waals surface area contributed by atoms with Crippen LogP contribution in [0.15, 0.2) is 73.1 Å². The van der Waals surface area contributed by atoms with Crippen molar-refractivity contribution in [1.82, 2.24) is 15.3 Å². The van der Waals surface area contributed by atoms with Crippen molar-refractivity contribution in [3.8, 4) is 11.5 Å². The monoisotopic (exact) mass is 389 g/mol. The molecule has 1 aliphatic rings. The van der Waals surface area contributed by atoms with Crippen molar-refractivity contribution in [1.29, 1.82) is 0 Å². The van der Waals surface area contributed by atoms with E-state index in [1.54, 1.807) is 12.4 Å². The third-order valence-electron chi connectivity index (χ3n) is 4.76. The third-order valence-corrected chi connectivity index (χ3v) is 4.76. The maximum Gasteiger partial charge on any atom is 0.319 e. The lowest BCUT2D eigenvalue weighted by atomic mass is 10.1. The number of ether oxygens (including phenoxy) is 1. The molecule has 1 aromatic heterocycles. The minimum Gasteiger partial charge on any atom is -0.457 e. The Morgan fingerprint density at radius 1 is 0.897 bits per heavy atom. The number of hydrogen-bond acceptors (Lipinski definition) is 5. The minimum atomic E-state index is -0.198. The molecule has 2 amide bonds. The Balaban J connectivity index is 1.24. The van der Waals surface area contributed by atoms with Gasteiger partial charge in [-0.25, -0.2) is 14.8 Å². The van der Waals surface area contributed by atoms with Crippen molar-refractivity contribution in [3.63, 3.8) is 0 Å². The van der Waals surface area contributed by atoms with E-state index in [0.29, 0.717) is 0 Å². The van der Waals surface area contributed by atoms with Gasteiger partial charge in [0.15, 0.2) is 0 Å². The van der Waals surface area contributed by atoms with Crippen LogP contribution in [0.3, 0.4) is 0 Å². The van der Waals surface area contributed by atoms with Gasteiger partial charge < -0.3 is 20.3 Å². The van der Waals surface area contributed by atoms with E-state index in [0.717, 1.165) is 49.1 Å². The van der Waals surface area contributed by atoms with E-state index in [4.69, 9.17) is 4.74 Å². The highest BCUT2D eigenvalue weighted by molar-refractivity contribution is 5.89. The fourth-order valence-corrected chi connectivity index (χ4v) is 3.26. The lowest BCUT2D eigenvalue weighted by Gasteiger charge is -2.32. The van der Waals surface area contributed by atoms with Crippen LogP contribution in [0, 0.1) is 0 Å². The van der Waals surface area contributed by atoms with Crippen molar-refractivity contribution in [3.05, 3.63) is 73.1 Å². The summed E-state index contributed by atoms with van der Waals surface area (Å²) in [5, 5.41) is 5.92. The second-order valence-corrected chi connectivity index (χ2v) is 6.85. The zero-order valence-electron chi connectivity index (χ0n) is 16.0. The Bertz CT molecular complexity index is 911. The number of rotatable bonds is 5. The van der Waals surface area contributed by atoms with Crippen molar-refractivity contribution in [2.75, 3.05) is 23.3 Å². The number of urea groups is 1. The number of nitrogens with one attached hydrogen (secondary N) is 2. The number of carbonyl (C=O) groups excluding carboxylic acids is 1. The lowest BCUT2D eigenvalue weighted by molar-refractivity contribution is 0.246. The van der Waals surface area contributed by atoms with E-state index in [9.17, 15) is 4.79 Å². The topological polar surface area (TPSA) is 79.4 Å². The summed E-state index contributed by atoms with van der Waals surface area (Å²) in [5.41, 5.74) is 0.720. The molecule has 2 N–H and O–H groups in total. The Labute approximate surface area is 169 Å². The summed E-state index contributed by atoms with van der Waals surface area (Å²) >= 11 is 0. The van der Waals surface area contributed by atoms with Crippen LogP contribution in [0.2, 0.25) is 0 Å². The van der Waals surface area contributed by atoms with Gasteiger partial charge in [-0.2, -0.15) is 0 Å². The van der Waals surface area contributed by atoms with E-state index in [1.807, 2.05) is 60.7 Å². The highest BCUT2D eigenvalue weighted by Gasteiger charge is 2.22. The van der Waals surface area contributed by atoms with Gasteiger partial charge in [0.1, 0.15) is 11.5 Å². The fourth-order valence-electron chi connectivity index (χ4n) is 3.26. The molecule has 1 fully saturated rings. The average Bonchev–Trinajstić information content (AvgIpc) is 2.77. The number of piperidine rings is 1. The molecule has 29 heavy (non-hydrogen) atoms. The molecule has 0 spiro atoms. The third kappa shape index (κ3) is 5.22. The maximum absolute atomic E-state index is 12.3. The molecule has 2 aromatic carbocycles. The summed E-state index contributed by atoms with van der Waals surface area (Å²) in [6.07, 6.45) is 5.21. The number of nitrogens with zero attached hydrogens (tertiary/aromatic N) is 3. The molecule has 7 nitrogen and oxygen atoms in total. The van der Waals surface area contributed by atoms with Gasteiger partial charge in [0.2, 0.25) is 5.95 Å². The van der Waals surface area contributed by atoms with Gasteiger partial charge in [-0.05, 0) is 55.3 Å². The number of para-hydroxylation sites is 1. The number of carbonyl (C=O) groups is 1. The Hall–Kier alpha value is -3.61. The van der Waals surface area contributed by atoms with Crippen LogP contribution in [0.5, 0.6) is 11.5 Å². The first-order valence-corrected chi connectivity index (χ1v) is 9.69. The average molecular weight is 389 g/mol. The van der Waals surface area contributed by atoms with Crippen LogP contribution in [0.1, 0.15) is 12.8 Å². The van der Waals surface area contributed by atoms with Crippen LogP contribution in [-0.4, -0.2) is 35.1 Å². The molecular weight excluding hydrogens is 366 g/mol. The number of amides is 2. The molecule has 2 heterocycles. The van der Waals surface area contributed by atoms with E-state index >= 15 is 0 Å². The smallest absolute Gasteiger partial charge is 0.319 e. The number of hydrogen-bond donors (Lipinski definition) is 2. The molecule has 0 bridgehead atoms. The van der Waals surface area contributed by atoms with Crippen LogP contribution >= 0.6 is 0 Å². The van der Waals surface area contributed by atoms with E-state index in [2.05, 4.69) is 25.5 Å².